The van der Waals surface area contributed by atoms with Gasteiger partial charge in [-0.1, -0.05) is 0 Å². The topological polar surface area (TPSA) is 71.2 Å². The maximum Gasteiger partial charge on any atom is 0.239 e. The number of carbonyl (C=O) groups is 1. The van der Waals surface area contributed by atoms with Crippen molar-refractivity contribution in [3.8, 4) is 0 Å². The summed E-state index contributed by atoms with van der Waals surface area (Å²) < 4.78 is 0. The van der Waals surface area contributed by atoms with E-state index in [9.17, 15) is 4.79 Å². The number of pyridine rings is 1. The van der Waals surface area contributed by atoms with Gasteiger partial charge in [-0.05, 0) is 32.0 Å². The minimum Gasteiger partial charge on any atom is -0.398 e. The first kappa shape index (κ1) is 14.1. The zero-order valence-corrected chi connectivity index (χ0v) is 12.1. The van der Waals surface area contributed by atoms with Crippen LogP contribution in [0.15, 0.2) is 30.6 Å². The van der Waals surface area contributed by atoms with Crippen molar-refractivity contribution in [3.05, 3.63) is 30.6 Å². The minimum absolute atomic E-state index is 0.00337. The second-order valence-electron chi connectivity index (χ2n) is 5.17. The SMILES string of the molecule is CC(C)NC(=O)CN(C)c1ccc(N)c2ccncc12. The quantitative estimate of drug-likeness (QED) is 0.832. The Morgan fingerprint density at radius 3 is 2.80 bits per heavy atom. The van der Waals surface area contributed by atoms with E-state index in [1.54, 1.807) is 12.4 Å². The van der Waals surface area contributed by atoms with Crippen molar-refractivity contribution >= 4 is 28.1 Å². The molecule has 1 heterocycles. The lowest BCUT2D eigenvalue weighted by molar-refractivity contribution is -0.120. The first-order valence-electron chi connectivity index (χ1n) is 6.61. The standard InChI is InChI=1S/C15H20N4O/c1-10(2)18-15(20)9-19(3)14-5-4-13(16)11-6-7-17-8-12(11)14/h4-8,10H,9,16H2,1-3H3,(H,18,20). The number of nitrogens with one attached hydrogen (secondary N) is 1. The molecule has 0 aliphatic heterocycles. The highest BCUT2D eigenvalue weighted by molar-refractivity contribution is 6.01. The summed E-state index contributed by atoms with van der Waals surface area (Å²) in [7, 11) is 1.89. The second-order valence-corrected chi connectivity index (χ2v) is 5.17. The number of nitrogens with two attached hydrogens (primary N) is 1. The van der Waals surface area contributed by atoms with E-state index in [0.717, 1.165) is 16.5 Å². The highest BCUT2D eigenvalue weighted by atomic mass is 16.2. The third kappa shape index (κ3) is 2.99. The van der Waals surface area contributed by atoms with E-state index in [1.807, 2.05) is 44.0 Å². The summed E-state index contributed by atoms with van der Waals surface area (Å²) in [5, 5.41) is 4.79. The van der Waals surface area contributed by atoms with E-state index >= 15 is 0 Å². The summed E-state index contributed by atoms with van der Waals surface area (Å²) in [5.41, 5.74) is 7.63. The fourth-order valence-electron chi connectivity index (χ4n) is 2.20. The maximum absolute atomic E-state index is 11.8. The molecule has 0 bridgehead atoms. The van der Waals surface area contributed by atoms with Crippen LogP contribution < -0.4 is 16.0 Å². The van der Waals surface area contributed by atoms with Crippen molar-refractivity contribution in [3.63, 3.8) is 0 Å². The number of nitrogen functional groups attached to an aromatic ring is 1. The number of hydrogen-bond donors (Lipinski definition) is 2. The van der Waals surface area contributed by atoms with Crippen molar-refractivity contribution in [2.45, 2.75) is 19.9 Å². The van der Waals surface area contributed by atoms with Gasteiger partial charge in [0.05, 0.1) is 6.54 Å². The summed E-state index contributed by atoms with van der Waals surface area (Å²) in [5.74, 6) is -0.00337. The molecule has 0 aliphatic rings. The molecule has 5 nitrogen and oxygen atoms in total. The monoisotopic (exact) mass is 272 g/mol. The van der Waals surface area contributed by atoms with E-state index < -0.39 is 0 Å². The number of aromatic nitrogens is 1. The molecule has 106 valence electrons. The first-order valence-corrected chi connectivity index (χ1v) is 6.61. The lowest BCUT2D eigenvalue weighted by Gasteiger charge is -2.21. The molecule has 2 rings (SSSR count). The van der Waals surface area contributed by atoms with Crippen molar-refractivity contribution < 1.29 is 4.79 Å². The van der Waals surface area contributed by atoms with Gasteiger partial charge in [0.2, 0.25) is 5.91 Å². The normalized spacial score (nSPS) is 10.8. The van der Waals surface area contributed by atoms with Gasteiger partial charge in [0.25, 0.3) is 0 Å². The van der Waals surface area contributed by atoms with Crippen LogP contribution in [-0.2, 0) is 4.79 Å². The summed E-state index contributed by atoms with van der Waals surface area (Å²) in [6.07, 6.45) is 3.49. The average Bonchev–Trinajstić information content (AvgIpc) is 2.38. The number of hydrogen-bond acceptors (Lipinski definition) is 4. The summed E-state index contributed by atoms with van der Waals surface area (Å²) in [4.78, 5) is 17.9. The zero-order valence-electron chi connectivity index (χ0n) is 12.1. The van der Waals surface area contributed by atoms with Crippen LogP contribution in [0, 0.1) is 0 Å². The fourth-order valence-corrected chi connectivity index (χ4v) is 2.20. The smallest absolute Gasteiger partial charge is 0.239 e. The number of amides is 1. The van der Waals surface area contributed by atoms with Gasteiger partial charge in [0.1, 0.15) is 0 Å². The van der Waals surface area contributed by atoms with Crippen molar-refractivity contribution in [2.75, 3.05) is 24.2 Å². The predicted molar refractivity (Wildman–Crippen MR) is 82.7 cm³/mol. The molecule has 1 amide bonds. The minimum atomic E-state index is -0.00337. The fraction of sp³-hybridized carbons (Fsp3) is 0.333. The highest BCUT2D eigenvalue weighted by Crippen LogP contribution is 2.29. The van der Waals surface area contributed by atoms with Crippen molar-refractivity contribution in [2.24, 2.45) is 0 Å². The molecule has 2 aromatic rings. The molecule has 1 aromatic carbocycles. The second kappa shape index (κ2) is 5.77. The van der Waals surface area contributed by atoms with Crippen LogP contribution in [-0.4, -0.2) is 30.5 Å². The molecule has 0 unspecified atom stereocenters. The largest absolute Gasteiger partial charge is 0.398 e. The molecule has 3 N–H and O–H groups in total. The summed E-state index contributed by atoms with van der Waals surface area (Å²) in [6, 6.07) is 5.80. The summed E-state index contributed by atoms with van der Waals surface area (Å²) >= 11 is 0. The molecule has 0 saturated carbocycles. The highest BCUT2D eigenvalue weighted by Gasteiger charge is 2.12. The predicted octanol–water partition coefficient (Wildman–Crippen LogP) is 1.78. The Balaban J connectivity index is 2.29. The van der Waals surface area contributed by atoms with Crippen LogP contribution in [0.4, 0.5) is 11.4 Å². The molecule has 20 heavy (non-hydrogen) atoms. The van der Waals surface area contributed by atoms with Crippen LogP contribution in [0.25, 0.3) is 10.8 Å². The Hall–Kier alpha value is -2.30. The molecule has 0 saturated heterocycles. The van der Waals surface area contributed by atoms with E-state index in [1.165, 1.54) is 0 Å². The molecular formula is C15H20N4O. The van der Waals surface area contributed by atoms with Crippen LogP contribution in [0.5, 0.6) is 0 Å². The maximum atomic E-state index is 11.8. The van der Waals surface area contributed by atoms with Gasteiger partial charge in [-0.15, -0.1) is 0 Å². The molecule has 0 radical (unpaired) electrons. The number of rotatable bonds is 4. The van der Waals surface area contributed by atoms with Crippen LogP contribution >= 0.6 is 0 Å². The lowest BCUT2D eigenvalue weighted by atomic mass is 10.1. The first-order chi connectivity index (χ1) is 9.49. The van der Waals surface area contributed by atoms with Crippen LogP contribution in [0.1, 0.15) is 13.8 Å². The molecule has 0 atom stereocenters. The van der Waals surface area contributed by atoms with E-state index in [4.69, 9.17) is 5.73 Å². The van der Waals surface area contributed by atoms with Gasteiger partial charge in [-0.2, -0.15) is 0 Å². The number of likely N-dealkylation sites (N-methyl/N-ethyl adjacent to an activating group) is 1. The molecule has 1 aromatic heterocycles. The van der Waals surface area contributed by atoms with Crippen LogP contribution in [0.2, 0.25) is 0 Å². The van der Waals surface area contributed by atoms with E-state index in [2.05, 4.69) is 10.3 Å². The molecule has 5 heteroatoms. The lowest BCUT2D eigenvalue weighted by Crippen LogP contribution is -2.38. The Morgan fingerprint density at radius 1 is 1.35 bits per heavy atom. The van der Waals surface area contributed by atoms with Gasteiger partial charge in [0, 0.05) is 47.6 Å². The molecule has 0 spiro atoms. The van der Waals surface area contributed by atoms with Gasteiger partial charge in [0.15, 0.2) is 0 Å². The third-order valence-electron chi connectivity index (χ3n) is 3.07. The molecular weight excluding hydrogens is 252 g/mol. The Morgan fingerprint density at radius 2 is 2.10 bits per heavy atom. The number of anilines is 2. The number of benzene rings is 1. The Bertz CT molecular complexity index is 624. The van der Waals surface area contributed by atoms with Gasteiger partial charge in [-0.25, -0.2) is 0 Å². The van der Waals surface area contributed by atoms with E-state index in [0.29, 0.717) is 12.2 Å². The van der Waals surface area contributed by atoms with Gasteiger partial charge >= 0.3 is 0 Å². The zero-order chi connectivity index (χ0) is 14.7. The number of fused-ring (bicyclic) bond motifs is 1. The number of nitrogens with zero attached hydrogens (tertiary/aromatic N) is 2. The van der Waals surface area contributed by atoms with Gasteiger partial charge < -0.3 is 16.0 Å². The third-order valence-corrected chi connectivity index (χ3v) is 3.07. The van der Waals surface area contributed by atoms with E-state index in [-0.39, 0.29) is 11.9 Å². The Labute approximate surface area is 118 Å². The van der Waals surface area contributed by atoms with Crippen LogP contribution in [0.3, 0.4) is 0 Å². The summed E-state index contributed by atoms with van der Waals surface area (Å²) in [6.45, 7) is 4.19. The molecule has 0 fully saturated rings. The van der Waals surface area contributed by atoms with Crippen molar-refractivity contribution in [1.29, 1.82) is 0 Å². The number of carbonyl (C=O) groups excluding carboxylic acids is 1. The molecule has 0 aliphatic carbocycles. The van der Waals surface area contributed by atoms with Gasteiger partial charge in [-0.3, -0.25) is 9.78 Å². The Kier molecular flexibility index (Phi) is 4.08. The van der Waals surface area contributed by atoms with Crippen molar-refractivity contribution in [1.82, 2.24) is 10.3 Å². The average molecular weight is 272 g/mol.